The standard InChI is InChI=1S/C32H38FN7O/c1-21-36-28-7-2-3-8-29(28)40(21)26-18-24-9-10-25(19-26)39(24)16-13-32(22-5-4-6-23(33)17-22)11-14-38(15-12-32)31(41)27-20-35-37-30(27)34/h2-8,17,20,24-26H,9-16,18-19H2,1H3,(H3,34,35,37)/t24-,25+,26?. The van der Waals surface area contributed by atoms with Gasteiger partial charge in [0.1, 0.15) is 23.0 Å². The fourth-order valence-corrected chi connectivity index (χ4v) is 8.07. The lowest BCUT2D eigenvalue weighted by Gasteiger charge is -2.45. The number of aromatic nitrogens is 4. The van der Waals surface area contributed by atoms with Gasteiger partial charge in [0.2, 0.25) is 0 Å². The van der Waals surface area contributed by atoms with Crippen LogP contribution in [0.3, 0.4) is 0 Å². The number of nitrogens with one attached hydrogen (secondary N) is 1. The normalized spacial score (nSPS) is 24.2. The van der Waals surface area contributed by atoms with E-state index in [1.807, 2.05) is 11.0 Å². The van der Waals surface area contributed by atoms with E-state index in [9.17, 15) is 9.18 Å². The number of likely N-dealkylation sites (tertiary alicyclic amines) is 1. The number of aromatic amines is 1. The highest BCUT2D eigenvalue weighted by molar-refractivity contribution is 5.98. The van der Waals surface area contributed by atoms with Crippen molar-refractivity contribution in [2.24, 2.45) is 0 Å². The average molecular weight is 556 g/mol. The smallest absolute Gasteiger partial charge is 0.259 e. The zero-order valence-electron chi connectivity index (χ0n) is 23.6. The van der Waals surface area contributed by atoms with Crippen molar-refractivity contribution >= 4 is 22.8 Å². The lowest BCUT2D eigenvalue weighted by Crippen LogP contribution is -2.49. The number of piperidine rings is 2. The highest BCUT2D eigenvalue weighted by Crippen LogP contribution is 2.45. The first-order valence-corrected chi connectivity index (χ1v) is 15.0. The summed E-state index contributed by atoms with van der Waals surface area (Å²) in [4.78, 5) is 22.6. The van der Waals surface area contributed by atoms with Crippen LogP contribution in [0.4, 0.5) is 10.2 Å². The van der Waals surface area contributed by atoms with Crippen LogP contribution < -0.4 is 5.73 Å². The van der Waals surface area contributed by atoms with Crippen molar-refractivity contribution in [2.45, 2.75) is 75.4 Å². The highest BCUT2D eigenvalue weighted by atomic mass is 19.1. The maximum Gasteiger partial charge on any atom is 0.259 e. The van der Waals surface area contributed by atoms with Crippen molar-refractivity contribution in [1.29, 1.82) is 0 Å². The summed E-state index contributed by atoms with van der Waals surface area (Å²) in [5.74, 6) is 1.12. The van der Waals surface area contributed by atoms with Crippen molar-refractivity contribution in [1.82, 2.24) is 29.5 Å². The predicted molar refractivity (Wildman–Crippen MR) is 157 cm³/mol. The molecule has 3 aliphatic rings. The second-order valence-corrected chi connectivity index (χ2v) is 12.3. The van der Waals surface area contributed by atoms with E-state index >= 15 is 0 Å². The van der Waals surface area contributed by atoms with E-state index in [4.69, 9.17) is 10.7 Å². The van der Waals surface area contributed by atoms with Gasteiger partial charge in [-0.2, -0.15) is 5.10 Å². The van der Waals surface area contributed by atoms with Gasteiger partial charge >= 0.3 is 0 Å². The van der Waals surface area contributed by atoms with Crippen LogP contribution in [0.15, 0.2) is 54.7 Å². The number of nitrogens with zero attached hydrogens (tertiary/aromatic N) is 5. The van der Waals surface area contributed by atoms with Gasteiger partial charge in [-0.25, -0.2) is 9.37 Å². The largest absolute Gasteiger partial charge is 0.383 e. The molecular formula is C32H38FN7O. The fourth-order valence-electron chi connectivity index (χ4n) is 8.07. The first kappa shape index (κ1) is 26.2. The quantitative estimate of drug-likeness (QED) is 0.340. The molecule has 41 heavy (non-hydrogen) atoms. The number of nitrogens with two attached hydrogens (primary N) is 1. The van der Waals surface area contributed by atoms with E-state index in [0.717, 1.165) is 55.6 Å². The number of para-hydroxylation sites is 2. The van der Waals surface area contributed by atoms with Gasteiger partial charge in [-0.1, -0.05) is 24.3 Å². The minimum atomic E-state index is -0.199. The van der Waals surface area contributed by atoms with E-state index in [1.54, 1.807) is 6.07 Å². The molecular weight excluding hydrogens is 517 g/mol. The van der Waals surface area contributed by atoms with Crippen LogP contribution in [-0.4, -0.2) is 67.2 Å². The fraction of sp³-hybridized carbons (Fsp3) is 0.469. The summed E-state index contributed by atoms with van der Waals surface area (Å²) in [7, 11) is 0. The summed E-state index contributed by atoms with van der Waals surface area (Å²) < 4.78 is 16.9. The SMILES string of the molecule is Cc1nc2ccccc2n1C1C[C@H]2CC[C@@H](C1)N2CCC1(c2cccc(F)c2)CCN(C(=O)c2cn[nH]c2N)CC1. The highest BCUT2D eigenvalue weighted by Gasteiger charge is 2.44. The summed E-state index contributed by atoms with van der Waals surface area (Å²) >= 11 is 0. The van der Waals surface area contributed by atoms with Crippen LogP contribution in [0, 0.1) is 12.7 Å². The zero-order chi connectivity index (χ0) is 28.1. The van der Waals surface area contributed by atoms with Gasteiger partial charge < -0.3 is 15.2 Å². The molecule has 9 heteroatoms. The second-order valence-electron chi connectivity index (χ2n) is 12.3. The molecule has 0 radical (unpaired) electrons. The number of aryl methyl sites for hydroxylation is 1. The monoisotopic (exact) mass is 555 g/mol. The minimum Gasteiger partial charge on any atom is -0.383 e. The number of hydrogen-bond acceptors (Lipinski definition) is 5. The van der Waals surface area contributed by atoms with E-state index in [-0.39, 0.29) is 17.1 Å². The molecule has 214 valence electrons. The van der Waals surface area contributed by atoms with E-state index in [0.29, 0.717) is 42.6 Å². The summed E-state index contributed by atoms with van der Waals surface area (Å²) in [6, 6.07) is 17.2. The Morgan fingerprint density at radius 2 is 1.83 bits per heavy atom. The van der Waals surface area contributed by atoms with Crippen molar-refractivity contribution in [3.63, 3.8) is 0 Å². The molecule has 0 aliphatic carbocycles. The number of H-pyrrole nitrogens is 1. The Morgan fingerprint density at radius 3 is 2.54 bits per heavy atom. The van der Waals surface area contributed by atoms with E-state index in [1.165, 1.54) is 30.6 Å². The topological polar surface area (TPSA) is 96.1 Å². The number of anilines is 1. The van der Waals surface area contributed by atoms with Crippen molar-refractivity contribution in [2.75, 3.05) is 25.4 Å². The summed E-state index contributed by atoms with van der Waals surface area (Å²) in [6.07, 6.45) is 8.79. The molecule has 3 atom stereocenters. The van der Waals surface area contributed by atoms with Crippen LogP contribution >= 0.6 is 0 Å². The van der Waals surface area contributed by atoms with Crippen molar-refractivity contribution in [3.8, 4) is 0 Å². The lowest BCUT2D eigenvalue weighted by molar-refractivity contribution is 0.0607. The molecule has 7 rings (SSSR count). The Hall–Kier alpha value is -3.72. The molecule has 3 aliphatic heterocycles. The van der Waals surface area contributed by atoms with Crippen LogP contribution in [0.5, 0.6) is 0 Å². The van der Waals surface area contributed by atoms with Crippen LogP contribution in [0.25, 0.3) is 11.0 Å². The summed E-state index contributed by atoms with van der Waals surface area (Å²) in [6.45, 7) is 4.35. The Kier molecular flexibility index (Phi) is 6.57. The number of benzene rings is 2. The number of carbonyl (C=O) groups is 1. The number of carbonyl (C=O) groups excluding carboxylic acids is 1. The predicted octanol–water partition coefficient (Wildman–Crippen LogP) is 5.22. The third kappa shape index (κ3) is 4.60. The molecule has 3 saturated heterocycles. The van der Waals surface area contributed by atoms with Gasteiger partial charge in [0.05, 0.1) is 17.2 Å². The van der Waals surface area contributed by atoms with Gasteiger partial charge in [-0.15, -0.1) is 0 Å². The Balaban J connectivity index is 1.08. The average Bonchev–Trinajstić information content (AvgIpc) is 3.63. The van der Waals surface area contributed by atoms with E-state index in [2.05, 4.69) is 56.9 Å². The molecule has 0 spiro atoms. The summed E-state index contributed by atoms with van der Waals surface area (Å²) in [5.41, 5.74) is 9.55. The molecule has 2 bridgehead atoms. The molecule has 0 saturated carbocycles. The van der Waals surface area contributed by atoms with Gasteiger partial charge in [-0.3, -0.25) is 14.8 Å². The number of fused-ring (bicyclic) bond motifs is 3. The molecule has 4 aromatic rings. The maximum atomic E-state index is 14.5. The molecule has 3 N–H and O–H groups in total. The zero-order valence-corrected chi connectivity index (χ0v) is 23.6. The van der Waals surface area contributed by atoms with Gasteiger partial charge in [0, 0.05) is 31.2 Å². The number of rotatable bonds is 6. The Morgan fingerprint density at radius 1 is 1.07 bits per heavy atom. The molecule has 8 nitrogen and oxygen atoms in total. The van der Waals surface area contributed by atoms with Crippen LogP contribution in [0.2, 0.25) is 0 Å². The number of halogens is 1. The maximum absolute atomic E-state index is 14.5. The number of nitrogen functional groups attached to an aromatic ring is 1. The summed E-state index contributed by atoms with van der Waals surface area (Å²) in [5, 5.41) is 6.58. The number of amides is 1. The molecule has 5 heterocycles. The lowest BCUT2D eigenvalue weighted by atomic mass is 9.70. The second kappa shape index (κ2) is 10.3. The minimum absolute atomic E-state index is 0.0912. The number of imidazole rings is 1. The third-order valence-electron chi connectivity index (χ3n) is 10.2. The third-order valence-corrected chi connectivity index (χ3v) is 10.2. The van der Waals surface area contributed by atoms with Gasteiger partial charge in [0.15, 0.2) is 0 Å². The van der Waals surface area contributed by atoms with Crippen LogP contribution in [-0.2, 0) is 5.41 Å². The number of hydrogen-bond donors (Lipinski definition) is 2. The van der Waals surface area contributed by atoms with Crippen molar-refractivity contribution < 1.29 is 9.18 Å². The molecule has 1 unspecified atom stereocenters. The Bertz CT molecular complexity index is 1560. The molecule has 3 fully saturated rings. The van der Waals surface area contributed by atoms with E-state index < -0.39 is 0 Å². The molecule has 1 amide bonds. The first-order valence-electron chi connectivity index (χ1n) is 15.0. The van der Waals surface area contributed by atoms with Crippen molar-refractivity contribution in [3.05, 3.63) is 77.5 Å². The van der Waals surface area contributed by atoms with Gasteiger partial charge in [-0.05, 0) is 93.7 Å². The Labute approximate surface area is 239 Å². The first-order chi connectivity index (χ1) is 19.9. The van der Waals surface area contributed by atoms with Gasteiger partial charge in [0.25, 0.3) is 5.91 Å². The van der Waals surface area contributed by atoms with Crippen LogP contribution in [0.1, 0.15) is 72.7 Å². The molecule has 2 aromatic heterocycles. The molecule has 2 aromatic carbocycles.